The van der Waals surface area contributed by atoms with Gasteiger partial charge in [0.2, 0.25) is 0 Å². The van der Waals surface area contributed by atoms with Crippen LogP contribution in [0.4, 0.5) is 5.69 Å². The van der Waals surface area contributed by atoms with Gasteiger partial charge >= 0.3 is 7.60 Å². The first-order valence-electron chi connectivity index (χ1n) is 10.5. The van der Waals surface area contributed by atoms with Crippen LogP contribution in [0.5, 0.6) is 11.5 Å². The van der Waals surface area contributed by atoms with Gasteiger partial charge in [-0.15, -0.1) is 0 Å². The molecule has 4 aromatic rings. The number of hydrogen-bond donors (Lipinski definition) is 1. The van der Waals surface area contributed by atoms with Crippen molar-refractivity contribution >= 4 is 13.3 Å². The van der Waals surface area contributed by atoms with E-state index >= 15 is 0 Å². The summed E-state index contributed by atoms with van der Waals surface area (Å²) < 4.78 is 26.4. The number of anilines is 1. The molecule has 1 aromatic heterocycles. The minimum absolute atomic E-state index is 0.451. The van der Waals surface area contributed by atoms with Gasteiger partial charge in [0.1, 0.15) is 11.5 Å². The highest BCUT2D eigenvalue weighted by Gasteiger charge is 2.42. The molecule has 0 saturated carbocycles. The molecule has 0 radical (unpaired) electrons. The highest BCUT2D eigenvalue weighted by Crippen LogP contribution is 2.59. The van der Waals surface area contributed by atoms with E-state index in [-0.39, 0.29) is 0 Å². The number of pyridine rings is 1. The third-order valence-corrected chi connectivity index (χ3v) is 6.27. The van der Waals surface area contributed by atoms with Crippen LogP contribution in [-0.2, 0) is 4.57 Å². The van der Waals surface area contributed by atoms with Gasteiger partial charge in [0.25, 0.3) is 0 Å². The van der Waals surface area contributed by atoms with E-state index in [1.54, 1.807) is 36.5 Å². The van der Waals surface area contributed by atoms with Crippen LogP contribution in [0.15, 0.2) is 115 Å². The molecule has 1 atom stereocenters. The summed E-state index contributed by atoms with van der Waals surface area (Å²) in [7, 11) is -3.83. The largest absolute Gasteiger partial charge is 0.459 e. The third kappa shape index (κ3) is 6.22. The lowest BCUT2D eigenvalue weighted by atomic mass is 10.3. The Bertz CT molecular complexity index is 1050. The quantitative estimate of drug-likeness (QED) is 0.283. The summed E-state index contributed by atoms with van der Waals surface area (Å²) in [5, 5.41) is 3.30. The third-order valence-electron chi connectivity index (χ3n) is 4.31. The van der Waals surface area contributed by atoms with E-state index in [9.17, 15) is 4.57 Å². The fourth-order valence-corrected chi connectivity index (χ4v) is 4.79. The topological polar surface area (TPSA) is 60.5 Å². The Kier molecular flexibility index (Phi) is 8.47. The van der Waals surface area contributed by atoms with Crippen molar-refractivity contribution in [3.8, 4) is 11.5 Å². The molecule has 1 N–H and O–H groups in total. The molecule has 4 rings (SSSR count). The number of aromatic nitrogens is 1. The zero-order valence-corrected chi connectivity index (χ0v) is 19.1. The zero-order valence-electron chi connectivity index (χ0n) is 18.2. The van der Waals surface area contributed by atoms with Crippen LogP contribution in [-0.4, -0.2) is 4.98 Å². The van der Waals surface area contributed by atoms with Gasteiger partial charge in [-0.25, -0.2) is 4.57 Å². The van der Waals surface area contributed by atoms with Gasteiger partial charge in [-0.3, -0.25) is 4.98 Å². The van der Waals surface area contributed by atoms with Crippen molar-refractivity contribution < 1.29 is 13.6 Å². The lowest BCUT2D eigenvalue weighted by Gasteiger charge is -2.28. The molecule has 0 aliphatic carbocycles. The number of benzene rings is 3. The van der Waals surface area contributed by atoms with E-state index in [1.807, 2.05) is 92.7 Å². The van der Waals surface area contributed by atoms with E-state index < -0.39 is 13.4 Å². The summed E-state index contributed by atoms with van der Waals surface area (Å²) >= 11 is 0. The van der Waals surface area contributed by atoms with Crippen molar-refractivity contribution in [1.29, 1.82) is 0 Å². The molecule has 0 aliphatic rings. The Hall–Kier alpha value is -3.56. The van der Waals surface area contributed by atoms with Gasteiger partial charge in [0, 0.05) is 11.9 Å². The fraction of sp³-hybridized carbons (Fsp3) is 0.115. The second-order valence-corrected chi connectivity index (χ2v) is 8.48. The Labute approximate surface area is 189 Å². The van der Waals surface area contributed by atoms with Crippen LogP contribution < -0.4 is 14.4 Å². The first kappa shape index (κ1) is 23.1. The predicted molar refractivity (Wildman–Crippen MR) is 130 cm³/mol. The molecule has 1 unspecified atom stereocenters. The average molecular weight is 446 g/mol. The summed E-state index contributed by atoms with van der Waals surface area (Å²) in [5.41, 5.74) is 1.33. The summed E-state index contributed by atoms with van der Waals surface area (Å²) in [6.45, 7) is 4.00. The van der Waals surface area contributed by atoms with Crippen LogP contribution >= 0.6 is 7.60 Å². The van der Waals surface area contributed by atoms with Gasteiger partial charge in [-0.05, 0) is 48.5 Å². The fourth-order valence-electron chi connectivity index (χ4n) is 2.93. The van der Waals surface area contributed by atoms with Crippen LogP contribution in [0, 0.1) is 0 Å². The summed E-state index contributed by atoms with van der Waals surface area (Å²) in [6.07, 6.45) is 1.66. The number of para-hydroxylation sites is 3. The van der Waals surface area contributed by atoms with E-state index in [0.717, 1.165) is 5.69 Å². The van der Waals surface area contributed by atoms with Crippen molar-refractivity contribution in [3.05, 3.63) is 121 Å². The molecule has 32 heavy (non-hydrogen) atoms. The number of nitrogens with one attached hydrogen (secondary N) is 1. The van der Waals surface area contributed by atoms with Crippen molar-refractivity contribution in [1.82, 2.24) is 4.98 Å². The van der Waals surface area contributed by atoms with Crippen molar-refractivity contribution in [2.75, 3.05) is 5.32 Å². The zero-order chi connectivity index (χ0) is 22.7. The van der Waals surface area contributed by atoms with Gasteiger partial charge < -0.3 is 14.4 Å². The van der Waals surface area contributed by atoms with Crippen LogP contribution in [0.3, 0.4) is 0 Å². The molecular formula is C26H27N2O3P. The lowest BCUT2D eigenvalue weighted by molar-refractivity contribution is 0.375. The summed E-state index contributed by atoms with van der Waals surface area (Å²) in [4.78, 5) is 4.43. The molecule has 164 valence electrons. The normalized spacial score (nSPS) is 11.4. The van der Waals surface area contributed by atoms with Gasteiger partial charge in [0.05, 0.1) is 5.69 Å². The minimum Gasteiger partial charge on any atom is -0.414 e. The minimum atomic E-state index is -3.83. The summed E-state index contributed by atoms with van der Waals surface area (Å²) in [6, 6.07) is 33.0. The number of nitrogens with zero attached hydrogens (tertiary/aromatic N) is 1. The highest BCUT2D eigenvalue weighted by molar-refractivity contribution is 7.55. The summed E-state index contributed by atoms with van der Waals surface area (Å²) in [5.74, 6) is 0.0710. The maximum absolute atomic E-state index is 14.3. The van der Waals surface area contributed by atoms with Gasteiger partial charge in [-0.2, -0.15) is 0 Å². The molecular weight excluding hydrogens is 419 g/mol. The average Bonchev–Trinajstić information content (AvgIpc) is 2.86. The molecule has 0 spiro atoms. The Balaban J connectivity index is 0.00000141. The smallest absolute Gasteiger partial charge is 0.414 e. The van der Waals surface area contributed by atoms with Gasteiger partial charge in [-0.1, -0.05) is 74.5 Å². The number of hydrogen-bond acceptors (Lipinski definition) is 5. The molecule has 0 fully saturated rings. The molecule has 3 aromatic carbocycles. The maximum atomic E-state index is 14.3. The molecule has 0 bridgehead atoms. The second kappa shape index (κ2) is 11.7. The molecule has 0 aliphatic heterocycles. The first-order chi connectivity index (χ1) is 15.7. The Morgan fingerprint density at radius 1 is 0.688 bits per heavy atom. The number of rotatable bonds is 8. The molecule has 0 amide bonds. The Morgan fingerprint density at radius 3 is 1.62 bits per heavy atom. The monoisotopic (exact) mass is 446 g/mol. The maximum Gasteiger partial charge on any atom is 0.459 e. The van der Waals surface area contributed by atoms with E-state index in [0.29, 0.717) is 17.2 Å². The molecule has 0 saturated heterocycles. The van der Waals surface area contributed by atoms with E-state index in [2.05, 4.69) is 10.3 Å². The van der Waals surface area contributed by atoms with Crippen molar-refractivity contribution in [3.63, 3.8) is 0 Å². The SMILES string of the molecule is CC.O=P(Oc1ccccc1)(Oc1ccccc1)C(Nc1ccccc1)c1ccccn1. The highest BCUT2D eigenvalue weighted by atomic mass is 31.2. The molecule has 1 heterocycles. The van der Waals surface area contributed by atoms with Crippen LogP contribution in [0.25, 0.3) is 0 Å². The second-order valence-electron chi connectivity index (χ2n) is 6.52. The lowest BCUT2D eigenvalue weighted by Crippen LogP contribution is -2.19. The van der Waals surface area contributed by atoms with E-state index in [1.165, 1.54) is 0 Å². The van der Waals surface area contributed by atoms with Crippen molar-refractivity contribution in [2.45, 2.75) is 19.6 Å². The van der Waals surface area contributed by atoms with Crippen molar-refractivity contribution in [2.24, 2.45) is 0 Å². The Morgan fingerprint density at radius 2 is 1.16 bits per heavy atom. The van der Waals surface area contributed by atoms with Gasteiger partial charge in [0.15, 0.2) is 5.78 Å². The molecule has 6 heteroatoms. The standard InChI is InChI=1S/C24H21N2O3P.C2H6/c27-30(28-21-14-6-2-7-15-21,29-22-16-8-3-9-17-22)24(23-18-10-11-19-25-23)26-20-12-4-1-5-13-20;1-2/h1-19,24,26H;1-2H3. The first-order valence-corrected chi connectivity index (χ1v) is 12.2. The van der Waals surface area contributed by atoms with Crippen LogP contribution in [0.2, 0.25) is 0 Å². The van der Waals surface area contributed by atoms with Crippen LogP contribution in [0.1, 0.15) is 25.3 Å². The van der Waals surface area contributed by atoms with E-state index in [4.69, 9.17) is 9.05 Å². The molecule has 5 nitrogen and oxygen atoms in total. The predicted octanol–water partition coefficient (Wildman–Crippen LogP) is 7.57.